The predicted octanol–water partition coefficient (Wildman–Crippen LogP) is 1.60. The fourth-order valence-electron chi connectivity index (χ4n) is 0.145. The first kappa shape index (κ1) is 11.0. The summed E-state index contributed by atoms with van der Waals surface area (Å²) in [5.74, 6) is -0.903. The fraction of sp³-hybridized carbons (Fsp3) is 0.250. The summed E-state index contributed by atoms with van der Waals surface area (Å²) in [6.45, 7) is 0. The Balaban J connectivity index is 0. The monoisotopic (exact) mass is 244 g/mol. The molecule has 0 amide bonds. The molecule has 0 rings (SSSR count). The molecule has 0 fully saturated rings. The van der Waals surface area contributed by atoms with Crippen LogP contribution in [0.15, 0.2) is 12.2 Å². The van der Waals surface area contributed by atoms with E-state index in [1.54, 1.807) is 0 Å². The number of carboxylic acid groups (broad SMARTS) is 1. The molecule has 0 aliphatic heterocycles. The van der Waals surface area contributed by atoms with Gasteiger partial charge >= 0.3 is 5.97 Å². The van der Waals surface area contributed by atoms with Crippen LogP contribution in [0.3, 0.4) is 0 Å². The summed E-state index contributed by atoms with van der Waals surface area (Å²) in [4.78, 5) is 9.65. The van der Waals surface area contributed by atoms with Crippen molar-refractivity contribution in [1.29, 1.82) is 0 Å². The summed E-state index contributed by atoms with van der Waals surface area (Å²) >= 11 is 3.03. The van der Waals surface area contributed by atoms with Crippen LogP contribution in [0.25, 0.3) is 0 Å². The van der Waals surface area contributed by atoms with Crippen LogP contribution in [0.5, 0.6) is 0 Å². The highest BCUT2D eigenvalue weighted by Gasteiger charge is 1.79. The molecule has 0 heterocycles. The molecule has 0 aliphatic carbocycles. The number of rotatable bonds is 2. The van der Waals surface area contributed by atoms with E-state index in [1.165, 1.54) is 6.08 Å². The van der Waals surface area contributed by atoms with Crippen LogP contribution >= 0.6 is 32.9 Å². The van der Waals surface area contributed by atoms with Crippen LogP contribution in [-0.2, 0) is 4.79 Å². The molecule has 4 heteroatoms. The van der Waals surface area contributed by atoms with E-state index >= 15 is 0 Å². The highest BCUT2D eigenvalue weighted by molar-refractivity contribution is 9.09. The standard InChI is InChI=1S/C4H5BrO2.BrH/c5-3-1-2-4(6)7;/h1-2H,3H2,(H,6,7);1H. The fourth-order valence-corrected chi connectivity index (χ4v) is 0.332. The molecule has 1 N–H and O–H groups in total. The number of hydrogen-bond acceptors (Lipinski definition) is 1. The third-order valence-corrected chi connectivity index (χ3v) is 0.723. The summed E-state index contributed by atoms with van der Waals surface area (Å²) in [6.07, 6.45) is 2.61. The number of allylic oxidation sites excluding steroid dienone is 1. The van der Waals surface area contributed by atoms with Crippen LogP contribution in [0, 0.1) is 0 Å². The number of alkyl halides is 1. The SMILES string of the molecule is Br.O=C(O)C=CCBr. The number of halogens is 2. The van der Waals surface area contributed by atoms with E-state index in [4.69, 9.17) is 5.11 Å². The van der Waals surface area contributed by atoms with Gasteiger partial charge in [-0.05, 0) is 0 Å². The molecule has 0 unspecified atom stereocenters. The first-order valence-electron chi connectivity index (χ1n) is 1.73. The van der Waals surface area contributed by atoms with Gasteiger partial charge in [0, 0.05) is 11.4 Å². The Bertz CT molecular complexity index is 90.0. The second-order valence-corrected chi connectivity index (χ2v) is 1.54. The van der Waals surface area contributed by atoms with E-state index < -0.39 is 5.97 Å². The van der Waals surface area contributed by atoms with E-state index in [2.05, 4.69) is 15.9 Å². The van der Waals surface area contributed by atoms with E-state index in [1.807, 2.05) is 0 Å². The highest BCUT2D eigenvalue weighted by atomic mass is 79.9. The number of carboxylic acids is 1. The quantitative estimate of drug-likeness (QED) is 0.593. The molecule has 0 aromatic rings. The van der Waals surface area contributed by atoms with Crippen LogP contribution < -0.4 is 0 Å². The third-order valence-electron chi connectivity index (χ3n) is 0.350. The Hall–Kier alpha value is 0.170. The molecule has 0 radical (unpaired) electrons. The lowest BCUT2D eigenvalue weighted by atomic mass is 10.5. The minimum Gasteiger partial charge on any atom is -0.478 e. The first-order chi connectivity index (χ1) is 3.27. The zero-order chi connectivity index (χ0) is 5.70. The Labute approximate surface area is 66.5 Å². The first-order valence-corrected chi connectivity index (χ1v) is 2.85. The summed E-state index contributed by atoms with van der Waals surface area (Å²) in [7, 11) is 0. The average Bonchev–Trinajstić information content (AvgIpc) is 1.61. The minimum atomic E-state index is -0.903. The summed E-state index contributed by atoms with van der Waals surface area (Å²) < 4.78 is 0. The molecular formula is C4H6Br2O2. The molecule has 0 saturated carbocycles. The molecule has 0 saturated heterocycles. The molecule has 0 aromatic carbocycles. The van der Waals surface area contributed by atoms with E-state index in [9.17, 15) is 4.79 Å². The van der Waals surface area contributed by atoms with Crippen LogP contribution in [-0.4, -0.2) is 16.4 Å². The zero-order valence-corrected chi connectivity index (χ0v) is 7.30. The normalized spacial score (nSPS) is 8.62. The Morgan fingerprint density at radius 1 is 1.75 bits per heavy atom. The molecule has 0 atom stereocenters. The largest absolute Gasteiger partial charge is 0.478 e. The van der Waals surface area contributed by atoms with Gasteiger partial charge in [0.05, 0.1) is 0 Å². The molecule has 48 valence electrons. The molecule has 0 spiro atoms. The maximum atomic E-state index is 9.65. The van der Waals surface area contributed by atoms with Crippen LogP contribution in [0.4, 0.5) is 0 Å². The second-order valence-electron chi connectivity index (χ2n) is 0.895. The van der Waals surface area contributed by atoms with Crippen molar-refractivity contribution in [3.8, 4) is 0 Å². The zero-order valence-electron chi connectivity index (χ0n) is 4.00. The summed E-state index contributed by atoms with van der Waals surface area (Å²) in [5, 5.41) is 8.53. The van der Waals surface area contributed by atoms with Gasteiger partial charge in [-0.15, -0.1) is 17.0 Å². The van der Waals surface area contributed by atoms with Crippen molar-refractivity contribution in [3.05, 3.63) is 12.2 Å². The van der Waals surface area contributed by atoms with Gasteiger partial charge in [0.2, 0.25) is 0 Å². The van der Waals surface area contributed by atoms with E-state index in [0.29, 0.717) is 5.33 Å². The van der Waals surface area contributed by atoms with Gasteiger partial charge in [-0.2, -0.15) is 0 Å². The Kier molecular flexibility index (Phi) is 9.89. The van der Waals surface area contributed by atoms with E-state index in [-0.39, 0.29) is 17.0 Å². The highest BCUT2D eigenvalue weighted by Crippen LogP contribution is 1.79. The topological polar surface area (TPSA) is 37.3 Å². The summed E-state index contributed by atoms with van der Waals surface area (Å²) in [6, 6.07) is 0. The Morgan fingerprint density at radius 3 is 2.38 bits per heavy atom. The molecule has 0 aromatic heterocycles. The lowest BCUT2D eigenvalue weighted by molar-refractivity contribution is -0.131. The van der Waals surface area contributed by atoms with Crippen LogP contribution in [0.2, 0.25) is 0 Å². The van der Waals surface area contributed by atoms with Gasteiger partial charge in [-0.1, -0.05) is 22.0 Å². The van der Waals surface area contributed by atoms with Crippen molar-refractivity contribution < 1.29 is 9.90 Å². The molecular weight excluding hydrogens is 240 g/mol. The lowest BCUT2D eigenvalue weighted by Crippen LogP contribution is -1.84. The lowest BCUT2D eigenvalue weighted by Gasteiger charge is -1.72. The van der Waals surface area contributed by atoms with Crippen molar-refractivity contribution >= 4 is 38.9 Å². The second kappa shape index (κ2) is 7.17. The van der Waals surface area contributed by atoms with Crippen molar-refractivity contribution in [2.24, 2.45) is 0 Å². The number of aliphatic carboxylic acids is 1. The summed E-state index contributed by atoms with van der Waals surface area (Å²) in [5.41, 5.74) is 0. The van der Waals surface area contributed by atoms with Crippen molar-refractivity contribution in [2.75, 3.05) is 5.33 Å². The number of carbonyl (C=O) groups is 1. The van der Waals surface area contributed by atoms with Crippen LogP contribution in [0.1, 0.15) is 0 Å². The van der Waals surface area contributed by atoms with Crippen molar-refractivity contribution in [2.45, 2.75) is 0 Å². The average molecular weight is 246 g/mol. The van der Waals surface area contributed by atoms with Gasteiger partial charge in [0.1, 0.15) is 0 Å². The van der Waals surface area contributed by atoms with Gasteiger partial charge in [0.25, 0.3) is 0 Å². The van der Waals surface area contributed by atoms with Gasteiger partial charge in [0.15, 0.2) is 0 Å². The van der Waals surface area contributed by atoms with E-state index in [0.717, 1.165) is 6.08 Å². The van der Waals surface area contributed by atoms with Gasteiger partial charge in [-0.25, -0.2) is 4.79 Å². The molecule has 0 aliphatic rings. The maximum Gasteiger partial charge on any atom is 0.328 e. The van der Waals surface area contributed by atoms with Gasteiger partial charge < -0.3 is 5.11 Å². The minimum absolute atomic E-state index is 0. The van der Waals surface area contributed by atoms with Gasteiger partial charge in [-0.3, -0.25) is 0 Å². The number of hydrogen-bond donors (Lipinski definition) is 1. The maximum absolute atomic E-state index is 9.65. The predicted molar refractivity (Wildman–Crippen MR) is 40.9 cm³/mol. The molecule has 8 heavy (non-hydrogen) atoms. The Morgan fingerprint density at radius 2 is 2.25 bits per heavy atom. The van der Waals surface area contributed by atoms with Crippen molar-refractivity contribution in [3.63, 3.8) is 0 Å². The molecule has 0 bridgehead atoms. The molecule has 2 nitrogen and oxygen atoms in total. The smallest absolute Gasteiger partial charge is 0.328 e. The van der Waals surface area contributed by atoms with Crippen molar-refractivity contribution in [1.82, 2.24) is 0 Å². The third kappa shape index (κ3) is 9.48.